The molecule has 3 heterocycles. The highest BCUT2D eigenvalue weighted by Gasteiger charge is 2.21. The molecule has 0 aliphatic rings. The van der Waals surface area contributed by atoms with Crippen LogP contribution in [0.2, 0.25) is 0 Å². The first kappa shape index (κ1) is 16.3. The molecule has 1 atom stereocenters. The lowest BCUT2D eigenvalue weighted by molar-refractivity contribution is -0.142. The summed E-state index contributed by atoms with van der Waals surface area (Å²) in [6.45, 7) is 3.83. The number of hydrogen-bond acceptors (Lipinski definition) is 8. The largest absolute Gasteiger partial charge is 0.465 e. The van der Waals surface area contributed by atoms with Crippen molar-refractivity contribution in [1.29, 1.82) is 0 Å². The average Bonchev–Trinajstić information content (AvgIpc) is 3.28. The summed E-state index contributed by atoms with van der Waals surface area (Å²) in [5.41, 5.74) is 0.978. The summed E-state index contributed by atoms with van der Waals surface area (Å²) in [6, 6.07) is 7.07. The van der Waals surface area contributed by atoms with Gasteiger partial charge in [-0.2, -0.15) is 0 Å². The second-order valence-corrected chi connectivity index (χ2v) is 6.07. The molecule has 24 heavy (non-hydrogen) atoms. The summed E-state index contributed by atoms with van der Waals surface area (Å²) in [6.07, 6.45) is 3.10. The third-order valence-corrected chi connectivity index (χ3v) is 4.01. The van der Waals surface area contributed by atoms with Gasteiger partial charge in [-0.3, -0.25) is 4.79 Å². The van der Waals surface area contributed by atoms with E-state index in [4.69, 9.17) is 13.6 Å². The van der Waals surface area contributed by atoms with Crippen LogP contribution in [-0.2, 0) is 9.53 Å². The van der Waals surface area contributed by atoms with Crippen molar-refractivity contribution < 1.29 is 18.4 Å². The van der Waals surface area contributed by atoms with Crippen LogP contribution in [-0.4, -0.2) is 33.0 Å². The zero-order valence-electron chi connectivity index (χ0n) is 13.1. The van der Waals surface area contributed by atoms with Crippen molar-refractivity contribution in [2.24, 2.45) is 0 Å². The van der Waals surface area contributed by atoms with Crippen LogP contribution in [0.3, 0.4) is 0 Å². The number of rotatable bonds is 6. The molecular weight excluding hydrogens is 330 g/mol. The maximum Gasteiger partial charge on any atom is 0.319 e. The van der Waals surface area contributed by atoms with Crippen LogP contribution in [0.25, 0.3) is 22.9 Å². The minimum absolute atomic E-state index is 0.319. The maximum absolute atomic E-state index is 11.8. The van der Waals surface area contributed by atoms with Gasteiger partial charge in [0.05, 0.1) is 19.1 Å². The van der Waals surface area contributed by atoms with E-state index in [-0.39, 0.29) is 5.97 Å². The molecule has 0 aliphatic heterocycles. The summed E-state index contributed by atoms with van der Waals surface area (Å²) in [5, 5.41) is 8.20. The van der Waals surface area contributed by atoms with Gasteiger partial charge in [-0.1, -0.05) is 11.8 Å². The first-order valence-electron chi connectivity index (χ1n) is 7.34. The van der Waals surface area contributed by atoms with Gasteiger partial charge in [-0.15, -0.1) is 10.2 Å². The predicted molar refractivity (Wildman–Crippen MR) is 87.2 cm³/mol. The average molecular weight is 345 g/mol. The minimum atomic E-state index is -0.439. The Kier molecular flexibility index (Phi) is 4.95. The molecule has 0 saturated carbocycles. The van der Waals surface area contributed by atoms with Gasteiger partial charge < -0.3 is 13.6 Å². The van der Waals surface area contributed by atoms with E-state index in [0.717, 1.165) is 0 Å². The molecule has 0 saturated heterocycles. The minimum Gasteiger partial charge on any atom is -0.465 e. The number of thioether (sulfide) groups is 1. The summed E-state index contributed by atoms with van der Waals surface area (Å²) in [4.78, 5) is 16.2. The number of furan rings is 2. The van der Waals surface area contributed by atoms with Crippen molar-refractivity contribution in [3.05, 3.63) is 36.8 Å². The molecule has 0 amide bonds. The SMILES string of the molecule is CCOC(=O)[C@H](C)Sc1nnc(-c2ccco2)c(-c2ccco2)n1. The van der Waals surface area contributed by atoms with Crippen LogP contribution in [0.1, 0.15) is 13.8 Å². The Bertz CT molecular complexity index is 803. The number of nitrogens with zero attached hydrogens (tertiary/aromatic N) is 3. The van der Waals surface area contributed by atoms with Crippen LogP contribution in [0.4, 0.5) is 0 Å². The lowest BCUT2D eigenvalue weighted by atomic mass is 10.2. The van der Waals surface area contributed by atoms with Crippen molar-refractivity contribution in [3.63, 3.8) is 0 Å². The van der Waals surface area contributed by atoms with Crippen molar-refractivity contribution in [2.75, 3.05) is 6.61 Å². The van der Waals surface area contributed by atoms with Gasteiger partial charge in [0, 0.05) is 0 Å². The van der Waals surface area contributed by atoms with Gasteiger partial charge >= 0.3 is 5.97 Å². The molecule has 0 N–H and O–H groups in total. The van der Waals surface area contributed by atoms with Gasteiger partial charge in [0.1, 0.15) is 10.9 Å². The van der Waals surface area contributed by atoms with E-state index in [1.807, 2.05) is 0 Å². The monoisotopic (exact) mass is 345 g/mol. The summed E-state index contributed by atoms with van der Waals surface area (Å²) in [7, 11) is 0. The smallest absolute Gasteiger partial charge is 0.319 e. The molecule has 7 nitrogen and oxygen atoms in total. The second kappa shape index (κ2) is 7.31. The van der Waals surface area contributed by atoms with E-state index in [9.17, 15) is 4.79 Å². The van der Waals surface area contributed by atoms with Gasteiger partial charge in [-0.25, -0.2) is 4.98 Å². The molecule has 0 unspecified atom stereocenters. The molecule has 0 radical (unpaired) electrons. The predicted octanol–water partition coefficient (Wildman–Crippen LogP) is 3.44. The Hall–Kier alpha value is -2.61. The number of esters is 1. The number of hydrogen-bond donors (Lipinski definition) is 0. The first-order valence-corrected chi connectivity index (χ1v) is 8.22. The zero-order chi connectivity index (χ0) is 16.9. The molecule has 124 valence electrons. The lowest BCUT2D eigenvalue weighted by Crippen LogP contribution is -2.17. The van der Waals surface area contributed by atoms with Crippen molar-refractivity contribution in [3.8, 4) is 22.9 Å². The van der Waals surface area contributed by atoms with Gasteiger partial charge in [0.15, 0.2) is 17.2 Å². The Balaban J connectivity index is 1.93. The third-order valence-electron chi connectivity index (χ3n) is 3.08. The van der Waals surface area contributed by atoms with Crippen molar-refractivity contribution in [1.82, 2.24) is 15.2 Å². The van der Waals surface area contributed by atoms with Gasteiger partial charge in [0.2, 0.25) is 5.16 Å². The highest BCUT2D eigenvalue weighted by molar-refractivity contribution is 8.00. The highest BCUT2D eigenvalue weighted by Crippen LogP contribution is 2.31. The molecule has 0 aliphatic carbocycles. The number of ether oxygens (including phenoxy) is 1. The highest BCUT2D eigenvalue weighted by atomic mass is 32.2. The summed E-state index contributed by atoms with van der Waals surface area (Å²) in [5.74, 6) is 0.763. The maximum atomic E-state index is 11.8. The van der Waals surface area contributed by atoms with E-state index in [2.05, 4.69) is 15.2 Å². The molecule has 0 aromatic carbocycles. The summed E-state index contributed by atoms with van der Waals surface area (Å²) < 4.78 is 15.8. The summed E-state index contributed by atoms with van der Waals surface area (Å²) >= 11 is 1.18. The Labute approximate surface area is 142 Å². The fourth-order valence-electron chi connectivity index (χ4n) is 1.99. The van der Waals surface area contributed by atoms with Crippen LogP contribution >= 0.6 is 11.8 Å². The number of carbonyl (C=O) groups is 1. The van der Waals surface area contributed by atoms with Crippen LogP contribution in [0, 0.1) is 0 Å². The van der Waals surface area contributed by atoms with Crippen molar-refractivity contribution >= 4 is 17.7 Å². The second-order valence-electron chi connectivity index (χ2n) is 4.76. The molecular formula is C16H15N3O4S. The quantitative estimate of drug-likeness (QED) is 0.495. The molecule has 8 heteroatoms. The van der Waals surface area contributed by atoms with Gasteiger partial charge in [0.25, 0.3) is 0 Å². The number of aromatic nitrogens is 3. The Morgan fingerprint density at radius 1 is 1.17 bits per heavy atom. The molecule has 0 fully saturated rings. The standard InChI is InChI=1S/C16H15N3O4S/c1-3-21-15(20)10(2)24-16-17-13(11-6-4-8-22-11)14(18-19-16)12-7-5-9-23-12/h4-10H,3H2,1-2H3/t10-/m0/s1. The molecule has 0 spiro atoms. The van der Waals surface area contributed by atoms with E-state index in [1.165, 1.54) is 11.8 Å². The van der Waals surface area contributed by atoms with Crippen molar-refractivity contribution in [2.45, 2.75) is 24.3 Å². The first-order chi connectivity index (χ1) is 11.7. The molecule has 3 aromatic rings. The lowest BCUT2D eigenvalue weighted by Gasteiger charge is -2.10. The Morgan fingerprint density at radius 2 is 1.83 bits per heavy atom. The van der Waals surface area contributed by atoms with E-state index >= 15 is 0 Å². The Morgan fingerprint density at radius 3 is 2.42 bits per heavy atom. The van der Waals surface area contributed by atoms with E-state index in [1.54, 1.807) is 50.6 Å². The zero-order valence-corrected chi connectivity index (χ0v) is 13.9. The van der Waals surface area contributed by atoms with Crippen LogP contribution in [0.15, 0.2) is 50.8 Å². The van der Waals surface area contributed by atoms with E-state index in [0.29, 0.717) is 34.7 Å². The van der Waals surface area contributed by atoms with E-state index < -0.39 is 5.25 Å². The fraction of sp³-hybridized carbons (Fsp3) is 0.250. The third kappa shape index (κ3) is 3.48. The molecule has 3 aromatic heterocycles. The normalized spacial score (nSPS) is 12.1. The van der Waals surface area contributed by atoms with Crippen LogP contribution < -0.4 is 0 Å². The molecule has 3 rings (SSSR count). The fourth-order valence-corrected chi connectivity index (χ4v) is 2.70. The van der Waals surface area contributed by atoms with Gasteiger partial charge in [-0.05, 0) is 38.1 Å². The van der Waals surface area contributed by atoms with Crippen LogP contribution in [0.5, 0.6) is 0 Å². The number of carbonyl (C=O) groups excluding carboxylic acids is 1. The topological polar surface area (TPSA) is 91.2 Å². The molecule has 0 bridgehead atoms.